The van der Waals surface area contributed by atoms with Gasteiger partial charge in [0.1, 0.15) is 5.75 Å². The summed E-state index contributed by atoms with van der Waals surface area (Å²) < 4.78 is 5.20. The number of hydrogen-bond acceptors (Lipinski definition) is 6. The maximum Gasteiger partial charge on any atom is 0.428 e. The van der Waals surface area contributed by atoms with Crippen LogP contribution in [-0.4, -0.2) is 79.0 Å². The van der Waals surface area contributed by atoms with Crippen LogP contribution in [0.5, 0.6) is 5.75 Å². The van der Waals surface area contributed by atoms with Crippen LogP contribution in [0, 0.1) is 5.92 Å². The molecule has 0 radical (unpaired) electrons. The number of carbonyl (C=O) groups excluding carboxylic acids is 3. The number of amides is 3. The summed E-state index contributed by atoms with van der Waals surface area (Å²) in [5.74, 6) is 0.924. The average molecular weight is 623 g/mol. The number of Topliss-reactive ketones (excluding diaryl/α,β-unsaturated/α-hetero) is 1. The van der Waals surface area contributed by atoms with Crippen LogP contribution in [0.15, 0.2) is 72.9 Å². The van der Waals surface area contributed by atoms with Gasteiger partial charge in [0.15, 0.2) is 5.78 Å². The molecule has 0 bridgehead atoms. The largest absolute Gasteiger partial charge is 0.497 e. The first-order chi connectivity index (χ1) is 22.3. The number of likely N-dealkylation sites (tertiary alicyclic amines) is 1. The van der Waals surface area contributed by atoms with E-state index in [1.54, 1.807) is 19.2 Å². The fourth-order valence-corrected chi connectivity index (χ4v) is 7.25. The molecule has 0 unspecified atom stereocenters. The third-order valence-electron chi connectivity index (χ3n) is 9.57. The molecule has 2 aliphatic heterocycles. The van der Waals surface area contributed by atoms with Gasteiger partial charge >= 0.3 is 11.9 Å². The minimum absolute atomic E-state index is 0.117. The minimum Gasteiger partial charge on any atom is -0.497 e. The maximum absolute atomic E-state index is 14.1. The van der Waals surface area contributed by atoms with E-state index in [1.165, 1.54) is 0 Å². The van der Waals surface area contributed by atoms with Crippen LogP contribution < -0.4 is 15.4 Å². The molecule has 46 heavy (non-hydrogen) atoms. The number of nitrogens with one attached hydrogen (secondary N) is 3. The van der Waals surface area contributed by atoms with E-state index in [4.69, 9.17) is 4.74 Å². The number of aryl methyl sites for hydroxylation is 1. The zero-order valence-corrected chi connectivity index (χ0v) is 27.0. The van der Waals surface area contributed by atoms with E-state index >= 15 is 0 Å². The van der Waals surface area contributed by atoms with Crippen molar-refractivity contribution in [2.24, 2.45) is 5.92 Å². The average Bonchev–Trinajstić information content (AvgIpc) is 3.50. The molecule has 1 fully saturated rings. The number of rotatable bonds is 9. The third-order valence-corrected chi connectivity index (χ3v) is 9.57. The molecule has 6 rings (SSSR count). The predicted molar refractivity (Wildman–Crippen MR) is 181 cm³/mol. The van der Waals surface area contributed by atoms with Crippen LogP contribution in [0.2, 0.25) is 0 Å². The Hall–Kier alpha value is -4.47. The van der Waals surface area contributed by atoms with E-state index in [1.807, 2.05) is 68.8 Å². The molecule has 2 atom stereocenters. The molecule has 240 valence electrons. The van der Waals surface area contributed by atoms with Crippen LogP contribution in [-0.2, 0) is 17.6 Å². The molecule has 0 saturated carbocycles. The second-order valence-corrected chi connectivity index (χ2v) is 13.0. The number of quaternary nitrogens is 1. The van der Waals surface area contributed by atoms with E-state index in [2.05, 4.69) is 26.6 Å². The van der Waals surface area contributed by atoms with Crippen LogP contribution >= 0.6 is 0 Å². The smallest absolute Gasteiger partial charge is 0.428 e. The van der Waals surface area contributed by atoms with Crippen LogP contribution in [0.1, 0.15) is 47.2 Å². The van der Waals surface area contributed by atoms with Crippen molar-refractivity contribution in [1.82, 2.24) is 9.88 Å². The number of carbonyl (C=O) groups is 3. The highest BCUT2D eigenvalue weighted by Gasteiger charge is 2.46. The van der Waals surface area contributed by atoms with Crippen molar-refractivity contribution in [2.45, 2.75) is 44.6 Å². The van der Waals surface area contributed by atoms with Gasteiger partial charge < -0.3 is 19.9 Å². The second kappa shape index (κ2) is 13.5. The summed E-state index contributed by atoms with van der Waals surface area (Å²) in [6.45, 7) is 1.73. The van der Waals surface area contributed by atoms with E-state index in [0.29, 0.717) is 37.2 Å². The highest BCUT2D eigenvalue weighted by atomic mass is 16.5. The van der Waals surface area contributed by atoms with Crippen molar-refractivity contribution in [3.8, 4) is 5.75 Å². The van der Waals surface area contributed by atoms with Crippen LogP contribution in [0.25, 0.3) is 10.9 Å². The SMILES string of the molecule is COc1ccc2c(c1)C[C@@H](CN(C)C)[C@H](C(=O)CCc1c[nH]c3cccc(NC(=O)[N+]4(C(=O)c5ccccc5)CCCCC4)c13)N2. The molecule has 0 aliphatic carbocycles. The molecule has 9 heteroatoms. The normalized spacial score (nSPS) is 18.9. The molecule has 3 heterocycles. The number of methoxy groups -OCH3 is 1. The molecule has 1 saturated heterocycles. The molecule has 9 nitrogen and oxygen atoms in total. The van der Waals surface area contributed by atoms with Crippen molar-refractivity contribution in [3.63, 3.8) is 0 Å². The number of hydrogen-bond donors (Lipinski definition) is 3. The van der Waals surface area contributed by atoms with E-state index < -0.39 is 0 Å². The summed E-state index contributed by atoms with van der Waals surface area (Å²) in [7, 11) is 5.74. The Bertz CT molecular complexity index is 1720. The van der Waals surface area contributed by atoms with Crippen molar-refractivity contribution in [2.75, 3.05) is 51.5 Å². The Morgan fingerprint density at radius 3 is 2.50 bits per heavy atom. The summed E-state index contributed by atoms with van der Waals surface area (Å²) in [4.78, 5) is 47.2. The topological polar surface area (TPSA) is 104 Å². The number of ether oxygens (including phenoxy) is 1. The monoisotopic (exact) mass is 622 g/mol. The number of fused-ring (bicyclic) bond motifs is 2. The first-order valence-corrected chi connectivity index (χ1v) is 16.3. The summed E-state index contributed by atoms with van der Waals surface area (Å²) in [5.41, 5.74) is 5.18. The van der Waals surface area contributed by atoms with Gasteiger partial charge in [-0.05, 0) is 99.8 Å². The summed E-state index contributed by atoms with van der Waals surface area (Å²) in [6, 6.07) is 20.2. The Balaban J connectivity index is 1.22. The zero-order chi connectivity index (χ0) is 32.3. The van der Waals surface area contributed by atoms with Gasteiger partial charge in [0.25, 0.3) is 0 Å². The number of benzene rings is 3. The highest BCUT2D eigenvalue weighted by Crippen LogP contribution is 2.34. The van der Waals surface area contributed by atoms with Gasteiger partial charge in [-0.25, -0.2) is 9.59 Å². The summed E-state index contributed by atoms with van der Waals surface area (Å²) in [6.07, 6.45) is 6.24. The molecule has 2 aliphatic rings. The first kappa shape index (κ1) is 31.5. The lowest BCUT2D eigenvalue weighted by Gasteiger charge is -2.36. The molecular formula is C37H44N5O4+. The first-order valence-electron chi connectivity index (χ1n) is 16.3. The third kappa shape index (κ3) is 6.30. The lowest BCUT2D eigenvalue weighted by Crippen LogP contribution is -2.61. The molecule has 4 aromatic rings. The molecular weight excluding hydrogens is 578 g/mol. The second-order valence-electron chi connectivity index (χ2n) is 13.0. The number of aromatic amines is 1. The number of anilines is 2. The van der Waals surface area contributed by atoms with Crippen LogP contribution in [0.4, 0.5) is 16.2 Å². The number of nitrogens with zero attached hydrogens (tertiary/aromatic N) is 2. The fourth-order valence-electron chi connectivity index (χ4n) is 7.25. The van der Waals surface area contributed by atoms with Crippen molar-refractivity contribution < 1.29 is 23.6 Å². The van der Waals surface area contributed by atoms with Gasteiger partial charge in [0.05, 0.1) is 37.5 Å². The molecule has 3 amide bonds. The fraction of sp³-hybridized carbons (Fsp3) is 0.378. The van der Waals surface area contributed by atoms with Crippen molar-refractivity contribution >= 4 is 40.0 Å². The van der Waals surface area contributed by atoms with Gasteiger partial charge in [0, 0.05) is 41.7 Å². The van der Waals surface area contributed by atoms with Gasteiger partial charge in [-0.15, -0.1) is 0 Å². The Morgan fingerprint density at radius 1 is 0.978 bits per heavy atom. The number of imide groups is 1. The highest BCUT2D eigenvalue weighted by molar-refractivity contribution is 6.05. The Labute approximate surface area is 270 Å². The predicted octanol–water partition coefficient (Wildman–Crippen LogP) is 6.27. The zero-order valence-electron chi connectivity index (χ0n) is 27.0. The van der Waals surface area contributed by atoms with Gasteiger partial charge in [0.2, 0.25) is 0 Å². The standard InChI is InChI=1S/C37H43N5O4/c1-41(2)24-28-21-27-22-29(46-3)16-17-30(27)39-35(28)33(43)18-15-26-23-38-31-13-10-14-32(34(26)31)40-37(45)42(19-8-5-9-20-42)36(44)25-11-6-4-7-12-25/h4,6-7,10-14,16-17,22-23,28,35,38-39H,5,8-9,15,18-21,24H2,1-3H3/p+1/t28-,35+/m0/s1. The molecule has 3 N–H and O–H groups in total. The summed E-state index contributed by atoms with van der Waals surface area (Å²) in [5, 5.41) is 7.57. The lowest BCUT2D eigenvalue weighted by molar-refractivity contribution is -0.770. The lowest BCUT2D eigenvalue weighted by atomic mass is 9.83. The van der Waals surface area contributed by atoms with Crippen molar-refractivity contribution in [1.29, 1.82) is 0 Å². The number of piperidine rings is 1. The van der Waals surface area contributed by atoms with Crippen molar-refractivity contribution in [3.05, 3.63) is 89.6 Å². The number of aromatic nitrogens is 1. The molecule has 1 aromatic heterocycles. The number of urea groups is 1. The van der Waals surface area contributed by atoms with Gasteiger partial charge in [-0.3, -0.25) is 10.1 Å². The number of ketones is 1. The maximum atomic E-state index is 14.1. The quantitative estimate of drug-likeness (QED) is 0.190. The molecule has 0 spiro atoms. The van der Waals surface area contributed by atoms with Gasteiger partial charge in [-0.1, -0.05) is 24.3 Å². The van der Waals surface area contributed by atoms with Crippen LogP contribution in [0.3, 0.4) is 0 Å². The van der Waals surface area contributed by atoms with E-state index in [0.717, 1.165) is 65.7 Å². The summed E-state index contributed by atoms with van der Waals surface area (Å²) >= 11 is 0. The van der Waals surface area contributed by atoms with E-state index in [9.17, 15) is 14.4 Å². The minimum atomic E-state index is -0.308. The Kier molecular flexibility index (Phi) is 9.24. The van der Waals surface area contributed by atoms with Gasteiger partial charge in [-0.2, -0.15) is 4.48 Å². The molecule has 3 aromatic carbocycles. The van der Waals surface area contributed by atoms with E-state index in [-0.39, 0.29) is 34.2 Å². The Morgan fingerprint density at radius 2 is 1.76 bits per heavy atom. The number of H-pyrrole nitrogens is 1.